The number of carbonyl (C=O) groups excluding carboxylic acids is 2. The van der Waals surface area contributed by atoms with Crippen LogP contribution < -0.4 is 5.32 Å². The number of alkyl carbamates (subject to hydrolysis) is 1. The zero-order valence-electron chi connectivity index (χ0n) is 17.6. The minimum absolute atomic E-state index is 0.0556. The molecular formula is C24H26N2O5. The molecule has 1 fully saturated rings. The number of ether oxygens (including phenoxy) is 1. The summed E-state index contributed by atoms with van der Waals surface area (Å²) in [6.45, 7) is 4.10. The Balaban J connectivity index is 1.36. The van der Waals surface area contributed by atoms with Crippen LogP contribution in [-0.4, -0.2) is 53.7 Å². The minimum atomic E-state index is -0.903. The van der Waals surface area contributed by atoms with Crippen LogP contribution in [0.2, 0.25) is 0 Å². The first-order chi connectivity index (χ1) is 14.9. The number of amides is 2. The van der Waals surface area contributed by atoms with Crippen LogP contribution in [-0.2, 0) is 14.3 Å². The van der Waals surface area contributed by atoms with Gasteiger partial charge in [-0.25, -0.2) is 4.79 Å². The molecular weight excluding hydrogens is 396 g/mol. The average molecular weight is 422 g/mol. The molecule has 0 spiro atoms. The summed E-state index contributed by atoms with van der Waals surface area (Å²) < 4.78 is 5.49. The molecule has 1 aliphatic carbocycles. The second kappa shape index (κ2) is 8.41. The highest BCUT2D eigenvalue weighted by Gasteiger charge is 2.38. The average Bonchev–Trinajstić information content (AvgIpc) is 3.30. The molecule has 1 heterocycles. The quantitative estimate of drug-likeness (QED) is 0.772. The Labute approximate surface area is 181 Å². The summed E-state index contributed by atoms with van der Waals surface area (Å²) in [4.78, 5) is 37.8. The maximum absolute atomic E-state index is 12.6. The molecule has 31 heavy (non-hydrogen) atoms. The van der Waals surface area contributed by atoms with E-state index in [1.54, 1.807) is 6.92 Å². The summed E-state index contributed by atoms with van der Waals surface area (Å²) >= 11 is 0. The zero-order valence-corrected chi connectivity index (χ0v) is 17.6. The summed E-state index contributed by atoms with van der Waals surface area (Å²) in [6.07, 6.45) is -0.662. The van der Waals surface area contributed by atoms with Gasteiger partial charge in [0.15, 0.2) is 0 Å². The number of benzene rings is 2. The molecule has 2 aromatic carbocycles. The third kappa shape index (κ3) is 4.00. The van der Waals surface area contributed by atoms with Gasteiger partial charge < -0.3 is 20.1 Å². The van der Waals surface area contributed by atoms with E-state index < -0.39 is 24.0 Å². The number of carboxylic acids is 1. The largest absolute Gasteiger partial charge is 0.481 e. The van der Waals surface area contributed by atoms with Crippen LogP contribution in [0.15, 0.2) is 48.5 Å². The predicted molar refractivity (Wildman–Crippen MR) is 115 cm³/mol. The molecule has 0 bridgehead atoms. The van der Waals surface area contributed by atoms with Gasteiger partial charge in [0.2, 0.25) is 5.91 Å². The van der Waals surface area contributed by atoms with Crippen molar-refractivity contribution >= 4 is 18.0 Å². The molecule has 0 saturated carbocycles. The standard InChI is InChI=1S/C24H26N2O5/c1-14-11-26(12-20(14)23(28)29)22(27)15(2)25-24(30)31-13-21-18-9-5-3-7-16(18)17-8-4-6-10-19(17)21/h3-10,14-15,20-21H,11-13H2,1-2H3,(H,25,30)(H,28,29)/t14?,15-,20?/m1/s1. The fraction of sp³-hybridized carbons (Fsp3) is 0.375. The van der Waals surface area contributed by atoms with Crippen molar-refractivity contribution in [3.63, 3.8) is 0 Å². The molecule has 2 aliphatic rings. The van der Waals surface area contributed by atoms with E-state index in [1.165, 1.54) is 4.90 Å². The number of hydrogen-bond donors (Lipinski definition) is 2. The summed E-state index contributed by atoms with van der Waals surface area (Å²) in [5, 5.41) is 11.8. The Kier molecular flexibility index (Phi) is 5.67. The summed E-state index contributed by atoms with van der Waals surface area (Å²) in [5.74, 6) is -1.96. The van der Waals surface area contributed by atoms with Crippen LogP contribution in [0.4, 0.5) is 4.79 Å². The molecule has 7 nitrogen and oxygen atoms in total. The van der Waals surface area contributed by atoms with Crippen LogP contribution in [0.1, 0.15) is 30.9 Å². The number of carboxylic acid groups (broad SMARTS) is 1. The minimum Gasteiger partial charge on any atom is -0.481 e. The van der Waals surface area contributed by atoms with E-state index >= 15 is 0 Å². The first-order valence-electron chi connectivity index (χ1n) is 10.5. The first kappa shape index (κ1) is 20.9. The predicted octanol–water partition coefficient (Wildman–Crippen LogP) is 3.09. The van der Waals surface area contributed by atoms with Crippen LogP contribution >= 0.6 is 0 Å². The van der Waals surface area contributed by atoms with Gasteiger partial charge in [0, 0.05) is 19.0 Å². The number of nitrogens with zero attached hydrogens (tertiary/aromatic N) is 1. The van der Waals surface area contributed by atoms with Gasteiger partial charge in [0.25, 0.3) is 0 Å². The number of carbonyl (C=O) groups is 3. The van der Waals surface area contributed by atoms with Crippen LogP contribution in [0, 0.1) is 11.8 Å². The normalized spacial score (nSPS) is 20.6. The number of fused-ring (bicyclic) bond motifs is 3. The van der Waals surface area contributed by atoms with Gasteiger partial charge in [-0.15, -0.1) is 0 Å². The third-order valence-corrected chi connectivity index (χ3v) is 6.29. The van der Waals surface area contributed by atoms with E-state index in [-0.39, 0.29) is 30.9 Å². The molecule has 0 radical (unpaired) electrons. The summed E-state index contributed by atoms with van der Waals surface area (Å²) in [6, 6.07) is 15.4. The highest BCUT2D eigenvalue weighted by molar-refractivity contribution is 5.86. The summed E-state index contributed by atoms with van der Waals surface area (Å²) in [7, 11) is 0. The molecule has 1 aliphatic heterocycles. The van der Waals surface area contributed by atoms with Gasteiger partial charge >= 0.3 is 12.1 Å². The van der Waals surface area contributed by atoms with Crippen molar-refractivity contribution in [1.29, 1.82) is 0 Å². The van der Waals surface area contributed by atoms with E-state index in [0.29, 0.717) is 6.54 Å². The maximum atomic E-state index is 12.6. The molecule has 2 aromatic rings. The highest BCUT2D eigenvalue weighted by Crippen LogP contribution is 2.44. The summed E-state index contributed by atoms with van der Waals surface area (Å²) in [5.41, 5.74) is 4.52. The van der Waals surface area contributed by atoms with Gasteiger partial charge in [-0.2, -0.15) is 0 Å². The maximum Gasteiger partial charge on any atom is 0.407 e. The Morgan fingerprint density at radius 2 is 1.65 bits per heavy atom. The van der Waals surface area contributed by atoms with Gasteiger partial charge in [0.05, 0.1) is 5.92 Å². The molecule has 2 unspecified atom stereocenters. The van der Waals surface area contributed by atoms with Crippen molar-refractivity contribution in [3.8, 4) is 11.1 Å². The van der Waals surface area contributed by atoms with Gasteiger partial charge in [-0.1, -0.05) is 55.5 Å². The van der Waals surface area contributed by atoms with Crippen LogP contribution in [0.3, 0.4) is 0 Å². The van der Waals surface area contributed by atoms with Gasteiger partial charge in [-0.05, 0) is 35.1 Å². The lowest BCUT2D eigenvalue weighted by atomic mass is 9.98. The molecule has 7 heteroatoms. The van der Waals surface area contributed by atoms with Crippen molar-refractivity contribution in [2.75, 3.05) is 19.7 Å². The molecule has 162 valence electrons. The topological polar surface area (TPSA) is 95.9 Å². The Bertz CT molecular complexity index is 975. The molecule has 1 saturated heterocycles. The number of nitrogens with one attached hydrogen (secondary N) is 1. The molecule has 0 aromatic heterocycles. The number of aliphatic carboxylic acids is 1. The second-order valence-corrected chi connectivity index (χ2v) is 8.36. The van der Waals surface area contributed by atoms with Gasteiger partial charge in [0.1, 0.15) is 12.6 Å². The van der Waals surface area contributed by atoms with Crippen LogP contribution in [0.5, 0.6) is 0 Å². The van der Waals surface area contributed by atoms with Crippen LogP contribution in [0.25, 0.3) is 11.1 Å². The monoisotopic (exact) mass is 422 g/mol. The van der Waals surface area contributed by atoms with E-state index in [9.17, 15) is 19.5 Å². The Hall–Kier alpha value is -3.35. The first-order valence-corrected chi connectivity index (χ1v) is 10.5. The Morgan fingerprint density at radius 3 is 2.19 bits per heavy atom. The van der Waals surface area contributed by atoms with E-state index in [2.05, 4.69) is 17.4 Å². The fourth-order valence-corrected chi connectivity index (χ4v) is 4.62. The number of rotatable bonds is 5. The van der Waals surface area contributed by atoms with E-state index in [4.69, 9.17) is 4.74 Å². The van der Waals surface area contributed by atoms with Gasteiger partial charge in [-0.3, -0.25) is 9.59 Å². The van der Waals surface area contributed by atoms with Crippen molar-refractivity contribution in [3.05, 3.63) is 59.7 Å². The molecule has 2 amide bonds. The lowest BCUT2D eigenvalue weighted by molar-refractivity contribution is -0.142. The van der Waals surface area contributed by atoms with Crippen molar-refractivity contribution in [1.82, 2.24) is 10.2 Å². The molecule has 4 rings (SSSR count). The van der Waals surface area contributed by atoms with Crippen molar-refractivity contribution in [2.24, 2.45) is 11.8 Å². The molecule has 3 atom stereocenters. The second-order valence-electron chi connectivity index (χ2n) is 8.36. The number of likely N-dealkylation sites (tertiary alicyclic amines) is 1. The Morgan fingerprint density at radius 1 is 1.06 bits per heavy atom. The third-order valence-electron chi connectivity index (χ3n) is 6.29. The van der Waals surface area contributed by atoms with E-state index in [0.717, 1.165) is 22.3 Å². The van der Waals surface area contributed by atoms with Crippen molar-refractivity contribution < 1.29 is 24.2 Å². The van der Waals surface area contributed by atoms with E-state index in [1.807, 2.05) is 43.3 Å². The fourth-order valence-electron chi connectivity index (χ4n) is 4.62. The number of hydrogen-bond acceptors (Lipinski definition) is 4. The zero-order chi connectivity index (χ0) is 22.1. The lowest BCUT2D eigenvalue weighted by Crippen LogP contribution is -2.46. The molecule has 2 N–H and O–H groups in total. The lowest BCUT2D eigenvalue weighted by Gasteiger charge is -2.22. The smallest absolute Gasteiger partial charge is 0.407 e. The SMILES string of the molecule is CC1CN(C(=O)[C@@H](C)NC(=O)OCC2c3ccccc3-c3ccccc32)CC1C(=O)O. The van der Waals surface area contributed by atoms with Crippen molar-refractivity contribution in [2.45, 2.75) is 25.8 Å². The highest BCUT2D eigenvalue weighted by atomic mass is 16.5.